The first kappa shape index (κ1) is 13.7. The van der Waals surface area contributed by atoms with Crippen LogP contribution in [0, 0.1) is 11.3 Å². The second-order valence-electron chi connectivity index (χ2n) is 4.75. The minimum atomic E-state index is -1.26. The van der Waals surface area contributed by atoms with Gasteiger partial charge in [-0.2, -0.15) is 5.26 Å². The van der Waals surface area contributed by atoms with Crippen molar-refractivity contribution in [2.24, 2.45) is 0 Å². The number of aliphatic hydroxyl groups is 3. The van der Waals surface area contributed by atoms with Gasteiger partial charge in [-0.15, -0.1) is 0 Å². The van der Waals surface area contributed by atoms with Gasteiger partial charge in [-0.1, -0.05) is 0 Å². The van der Waals surface area contributed by atoms with E-state index in [2.05, 4.69) is 9.97 Å². The Morgan fingerprint density at radius 1 is 1.38 bits per heavy atom. The van der Waals surface area contributed by atoms with Crippen LogP contribution in [0.3, 0.4) is 0 Å². The molecule has 2 aromatic heterocycles. The van der Waals surface area contributed by atoms with Gasteiger partial charge in [0, 0.05) is 6.20 Å². The molecule has 9 nitrogen and oxygen atoms in total. The summed E-state index contributed by atoms with van der Waals surface area (Å²) in [6.45, 7) is -0.434. The topological polar surface area (TPSA) is 150 Å². The maximum absolute atomic E-state index is 10.1. The van der Waals surface area contributed by atoms with E-state index in [1.54, 1.807) is 0 Å². The summed E-state index contributed by atoms with van der Waals surface area (Å²) in [6, 6.07) is 1.98. The highest BCUT2D eigenvalue weighted by Crippen LogP contribution is 2.34. The maximum atomic E-state index is 10.1. The summed E-state index contributed by atoms with van der Waals surface area (Å²) in [5, 5.41) is 38.5. The summed E-state index contributed by atoms with van der Waals surface area (Å²) >= 11 is 0. The summed E-state index contributed by atoms with van der Waals surface area (Å²) in [7, 11) is 0. The van der Waals surface area contributed by atoms with Crippen molar-refractivity contribution in [1.29, 1.82) is 5.26 Å². The molecule has 0 unspecified atom stereocenters. The van der Waals surface area contributed by atoms with Crippen LogP contribution in [0.1, 0.15) is 11.8 Å². The van der Waals surface area contributed by atoms with Gasteiger partial charge in [0.05, 0.1) is 17.6 Å². The molecule has 1 aliphatic rings. The van der Waals surface area contributed by atoms with E-state index < -0.39 is 31.1 Å². The van der Waals surface area contributed by atoms with Crippen LogP contribution >= 0.6 is 0 Å². The second kappa shape index (κ2) is 4.94. The van der Waals surface area contributed by atoms with Crippen molar-refractivity contribution in [3.8, 4) is 6.07 Å². The van der Waals surface area contributed by atoms with E-state index in [0.29, 0.717) is 11.0 Å². The van der Waals surface area contributed by atoms with E-state index in [4.69, 9.17) is 20.8 Å². The number of nitrogens with zero attached hydrogens (tertiary/aromatic N) is 4. The zero-order valence-electron chi connectivity index (χ0n) is 10.8. The summed E-state index contributed by atoms with van der Waals surface area (Å²) < 4.78 is 6.84. The molecule has 0 aromatic carbocycles. The predicted molar refractivity (Wildman–Crippen MR) is 69.7 cm³/mol. The Balaban J connectivity index is 2.14. The van der Waals surface area contributed by atoms with Crippen molar-refractivity contribution in [2.45, 2.75) is 24.5 Å². The number of aliphatic hydroxyl groups excluding tert-OH is 3. The molecule has 5 N–H and O–H groups in total. The predicted octanol–water partition coefficient (Wildman–Crippen LogP) is -1.50. The van der Waals surface area contributed by atoms with Gasteiger partial charge < -0.3 is 30.4 Å². The summed E-state index contributed by atoms with van der Waals surface area (Å²) in [6.07, 6.45) is -1.72. The fraction of sp³-hybridized carbons (Fsp3) is 0.417. The van der Waals surface area contributed by atoms with Crippen molar-refractivity contribution in [3.63, 3.8) is 0 Å². The van der Waals surface area contributed by atoms with Gasteiger partial charge >= 0.3 is 0 Å². The Labute approximate surface area is 118 Å². The number of anilines is 1. The SMILES string of the molecule is N#Cc1cn([C@H]2O[C@@H](CO)[C@@H](O)[C@@H]2O)c2ncnc(N)c12. The van der Waals surface area contributed by atoms with Gasteiger partial charge in [-0.25, -0.2) is 9.97 Å². The fourth-order valence-corrected chi connectivity index (χ4v) is 2.50. The van der Waals surface area contributed by atoms with Crippen LogP contribution in [0.2, 0.25) is 0 Å². The van der Waals surface area contributed by atoms with Gasteiger partial charge in [0.15, 0.2) is 6.23 Å². The molecule has 0 aliphatic carbocycles. The maximum Gasteiger partial charge on any atom is 0.164 e. The smallest absolute Gasteiger partial charge is 0.164 e. The lowest BCUT2D eigenvalue weighted by Crippen LogP contribution is -2.33. The second-order valence-corrected chi connectivity index (χ2v) is 4.75. The van der Waals surface area contributed by atoms with E-state index >= 15 is 0 Å². The number of ether oxygens (including phenoxy) is 1. The number of aromatic nitrogens is 3. The fourth-order valence-electron chi connectivity index (χ4n) is 2.50. The zero-order valence-corrected chi connectivity index (χ0v) is 10.8. The lowest BCUT2D eigenvalue weighted by atomic mass is 10.1. The first-order chi connectivity index (χ1) is 10.1. The number of hydrogen-bond acceptors (Lipinski definition) is 8. The van der Waals surface area contributed by atoms with Crippen molar-refractivity contribution in [2.75, 3.05) is 12.3 Å². The molecule has 3 heterocycles. The number of nitrogen functional groups attached to an aromatic ring is 1. The molecular formula is C12H13N5O4. The largest absolute Gasteiger partial charge is 0.394 e. The molecule has 0 saturated carbocycles. The molecule has 1 saturated heterocycles. The van der Waals surface area contributed by atoms with Gasteiger partial charge in [0.25, 0.3) is 0 Å². The van der Waals surface area contributed by atoms with Gasteiger partial charge in [-0.3, -0.25) is 0 Å². The van der Waals surface area contributed by atoms with E-state index in [1.807, 2.05) is 6.07 Å². The van der Waals surface area contributed by atoms with E-state index in [1.165, 1.54) is 17.1 Å². The quantitative estimate of drug-likeness (QED) is 0.521. The molecule has 1 aliphatic heterocycles. The summed E-state index contributed by atoms with van der Waals surface area (Å²) in [4.78, 5) is 7.88. The molecule has 0 spiro atoms. The molecule has 110 valence electrons. The third-order valence-corrected chi connectivity index (χ3v) is 3.55. The third-order valence-electron chi connectivity index (χ3n) is 3.55. The van der Waals surface area contributed by atoms with E-state index in [9.17, 15) is 10.2 Å². The van der Waals surface area contributed by atoms with Crippen molar-refractivity contribution >= 4 is 16.9 Å². The lowest BCUT2D eigenvalue weighted by molar-refractivity contribution is -0.0508. The average Bonchev–Trinajstić information content (AvgIpc) is 2.99. The first-order valence-corrected chi connectivity index (χ1v) is 6.22. The highest BCUT2D eigenvalue weighted by atomic mass is 16.6. The van der Waals surface area contributed by atoms with Crippen molar-refractivity contribution in [3.05, 3.63) is 18.1 Å². The van der Waals surface area contributed by atoms with Crippen LogP contribution in [0.15, 0.2) is 12.5 Å². The number of fused-ring (bicyclic) bond motifs is 1. The monoisotopic (exact) mass is 291 g/mol. The van der Waals surface area contributed by atoms with Gasteiger partial charge in [-0.05, 0) is 0 Å². The Bertz CT molecular complexity index is 724. The average molecular weight is 291 g/mol. The minimum Gasteiger partial charge on any atom is -0.394 e. The number of rotatable bonds is 2. The van der Waals surface area contributed by atoms with Crippen LogP contribution in [-0.4, -0.2) is 54.8 Å². The zero-order chi connectivity index (χ0) is 15.1. The number of nitriles is 1. The number of nitrogens with two attached hydrogens (primary N) is 1. The lowest BCUT2D eigenvalue weighted by Gasteiger charge is -2.17. The highest BCUT2D eigenvalue weighted by Gasteiger charge is 2.44. The summed E-state index contributed by atoms with van der Waals surface area (Å²) in [5.41, 5.74) is 6.30. The normalized spacial score (nSPS) is 28.9. The third kappa shape index (κ3) is 1.93. The molecule has 0 bridgehead atoms. The minimum absolute atomic E-state index is 0.141. The van der Waals surface area contributed by atoms with E-state index in [0.717, 1.165) is 0 Å². The first-order valence-electron chi connectivity index (χ1n) is 6.22. The molecule has 9 heteroatoms. The molecule has 0 amide bonds. The molecule has 2 aromatic rings. The number of hydrogen-bond donors (Lipinski definition) is 4. The van der Waals surface area contributed by atoms with Crippen molar-refractivity contribution < 1.29 is 20.1 Å². The van der Waals surface area contributed by atoms with E-state index in [-0.39, 0.29) is 11.4 Å². The van der Waals surface area contributed by atoms with Crippen LogP contribution in [0.25, 0.3) is 11.0 Å². The summed E-state index contributed by atoms with van der Waals surface area (Å²) in [5.74, 6) is 0.141. The van der Waals surface area contributed by atoms with Crippen LogP contribution in [-0.2, 0) is 4.74 Å². The standard InChI is InChI=1S/C12H13N5O4/c13-1-5-2-17(11-7(5)10(14)15-4-16-11)12-9(20)8(19)6(3-18)21-12/h2,4,6,8-9,12,18-20H,3H2,(H2,14,15,16)/t6-,8+,9-,12-/m0/s1. The molecule has 0 radical (unpaired) electrons. The van der Waals surface area contributed by atoms with Gasteiger partial charge in [0.1, 0.15) is 42.2 Å². The molecule has 1 fully saturated rings. The Morgan fingerprint density at radius 2 is 2.14 bits per heavy atom. The van der Waals surface area contributed by atoms with Gasteiger partial charge in [0.2, 0.25) is 0 Å². The molecular weight excluding hydrogens is 278 g/mol. The highest BCUT2D eigenvalue weighted by molar-refractivity contribution is 5.91. The Hall–Kier alpha value is -2.25. The van der Waals surface area contributed by atoms with Crippen LogP contribution in [0.4, 0.5) is 5.82 Å². The van der Waals surface area contributed by atoms with Crippen LogP contribution < -0.4 is 5.73 Å². The van der Waals surface area contributed by atoms with Crippen molar-refractivity contribution in [1.82, 2.24) is 14.5 Å². The molecule has 3 rings (SSSR count). The Morgan fingerprint density at radius 3 is 2.76 bits per heavy atom. The molecule has 4 atom stereocenters. The molecule has 21 heavy (non-hydrogen) atoms. The van der Waals surface area contributed by atoms with Crippen LogP contribution in [0.5, 0.6) is 0 Å². The Kier molecular flexibility index (Phi) is 3.23.